The molecule has 5 heterocycles. The van der Waals surface area contributed by atoms with Gasteiger partial charge >= 0.3 is 11.6 Å². The quantitative estimate of drug-likeness (QED) is 0.0916. The number of thioether (sulfide) groups is 1. The van der Waals surface area contributed by atoms with Crippen molar-refractivity contribution in [3.05, 3.63) is 41.8 Å². The van der Waals surface area contributed by atoms with Crippen molar-refractivity contribution in [1.82, 2.24) is 29.1 Å². The molecule has 16 nitrogen and oxygen atoms in total. The number of nitrogens with two attached hydrogens (primary N) is 2. The molecule has 2 atom stereocenters. The molecule has 18 heteroatoms. The van der Waals surface area contributed by atoms with E-state index in [0.29, 0.717) is 16.7 Å². The molecule has 3 aromatic rings. The smallest absolute Gasteiger partial charge is 0.352 e. The number of nitrogen functional groups attached to an aromatic ring is 1. The number of hydrogen-bond donors (Lipinski definition) is 4. The van der Waals surface area contributed by atoms with Crippen LogP contribution in [-0.2, 0) is 37.1 Å². The van der Waals surface area contributed by atoms with Crippen LogP contribution in [0.3, 0.4) is 0 Å². The molecule has 0 radical (unpaired) electrons. The lowest BCUT2D eigenvalue weighted by atomic mass is 10.0. The lowest BCUT2D eigenvalue weighted by Gasteiger charge is -2.49. The van der Waals surface area contributed by atoms with Crippen LogP contribution in [-0.4, -0.2) is 82.1 Å². The van der Waals surface area contributed by atoms with Gasteiger partial charge in [-0.05, 0) is 24.0 Å². The summed E-state index contributed by atoms with van der Waals surface area (Å²) < 4.78 is 7.31. The summed E-state index contributed by atoms with van der Waals surface area (Å²) in [4.78, 5) is 64.4. The first-order valence-corrected chi connectivity index (χ1v) is 13.6. The van der Waals surface area contributed by atoms with Crippen molar-refractivity contribution in [3.63, 3.8) is 0 Å². The summed E-state index contributed by atoms with van der Waals surface area (Å²) in [7, 11) is 0. The number of amides is 3. The van der Waals surface area contributed by atoms with Crippen molar-refractivity contribution in [3.8, 4) is 0 Å². The summed E-state index contributed by atoms with van der Waals surface area (Å²) >= 11 is 2.18. The second-order valence-corrected chi connectivity index (χ2v) is 10.5. The Morgan fingerprint density at radius 1 is 1.38 bits per heavy atom. The number of aliphatic carboxylic acids is 1. The van der Waals surface area contributed by atoms with Gasteiger partial charge in [0.2, 0.25) is 23.8 Å². The third-order valence-corrected chi connectivity index (χ3v) is 7.91. The number of imidazole rings is 1. The molecule has 5 rings (SSSR count). The van der Waals surface area contributed by atoms with Crippen molar-refractivity contribution >= 4 is 69.0 Å². The number of β-lactam (4-membered cyclic amide) rings is 1. The second kappa shape index (κ2) is 10.9. The number of oxime groups is 1. The molecule has 6 N–H and O–H groups in total. The highest BCUT2D eigenvalue weighted by molar-refractivity contribution is 8.00. The summed E-state index contributed by atoms with van der Waals surface area (Å²) in [5.41, 5.74) is 12.2. The molecular weight excluding hydrogens is 564 g/mol. The van der Waals surface area contributed by atoms with Gasteiger partial charge in [-0.25, -0.2) is 9.36 Å². The van der Waals surface area contributed by atoms with E-state index in [2.05, 4.69) is 24.8 Å². The summed E-state index contributed by atoms with van der Waals surface area (Å²) in [6.07, 6.45) is 3.21. The number of carboxylic acids is 1. The van der Waals surface area contributed by atoms with Gasteiger partial charge in [0, 0.05) is 22.9 Å². The zero-order valence-electron chi connectivity index (χ0n) is 20.9. The predicted octanol–water partition coefficient (Wildman–Crippen LogP) is -1.58. The third-order valence-electron chi connectivity index (χ3n) is 6.03. The van der Waals surface area contributed by atoms with Crippen molar-refractivity contribution in [2.75, 3.05) is 18.1 Å². The number of nitrogens with zero attached hydrogens (tertiary/aromatic N) is 7. The van der Waals surface area contributed by atoms with E-state index in [1.54, 1.807) is 34.4 Å². The molecule has 0 saturated carbocycles. The largest absolute Gasteiger partial charge is 0.477 e. The van der Waals surface area contributed by atoms with Gasteiger partial charge in [0.05, 0.1) is 6.20 Å². The van der Waals surface area contributed by atoms with Crippen LogP contribution in [0.25, 0.3) is 11.2 Å². The summed E-state index contributed by atoms with van der Waals surface area (Å²) in [6.45, 7) is 1.93. The number of hydrogen-bond acceptors (Lipinski definition) is 12. The van der Waals surface area contributed by atoms with Crippen LogP contribution in [0.15, 0.2) is 41.1 Å². The molecule has 2 unspecified atom stereocenters. The highest BCUT2D eigenvalue weighted by Crippen LogP contribution is 2.40. The molecule has 208 valence electrons. The van der Waals surface area contributed by atoms with Crippen LogP contribution < -0.4 is 21.4 Å². The SMILES string of the molecule is CCO/N=C(/C(=O)NC1C(=O)N2C(C(=O)O)=C(C[n+]3cccc4c3ncn4CC(N)=O)CSC12)c1nsc(N)n1. The zero-order chi connectivity index (χ0) is 28.6. The Kier molecular flexibility index (Phi) is 7.35. The van der Waals surface area contributed by atoms with Crippen LogP contribution >= 0.6 is 23.3 Å². The van der Waals surface area contributed by atoms with Crippen LogP contribution in [0.2, 0.25) is 0 Å². The maximum atomic E-state index is 13.2. The molecule has 0 aromatic carbocycles. The Balaban J connectivity index is 1.38. The molecular formula is C22H23N10O6S2+. The monoisotopic (exact) mass is 587 g/mol. The summed E-state index contributed by atoms with van der Waals surface area (Å²) in [6, 6.07) is 2.51. The van der Waals surface area contributed by atoms with Crippen molar-refractivity contribution in [2.45, 2.75) is 31.4 Å². The fourth-order valence-electron chi connectivity index (χ4n) is 4.37. The van der Waals surface area contributed by atoms with E-state index in [4.69, 9.17) is 16.3 Å². The van der Waals surface area contributed by atoms with Crippen molar-refractivity contribution in [1.29, 1.82) is 0 Å². The molecule has 1 saturated heterocycles. The van der Waals surface area contributed by atoms with Crippen LogP contribution in [0.1, 0.15) is 12.7 Å². The Morgan fingerprint density at radius 3 is 2.85 bits per heavy atom. The number of carboxylic acid groups (broad SMARTS) is 1. The van der Waals surface area contributed by atoms with Gasteiger partial charge in [-0.1, -0.05) is 5.16 Å². The second-order valence-electron chi connectivity index (χ2n) is 8.62. The Morgan fingerprint density at radius 2 is 2.17 bits per heavy atom. The van der Waals surface area contributed by atoms with Crippen LogP contribution in [0.5, 0.6) is 0 Å². The minimum absolute atomic E-state index is 0.0498. The molecule has 0 aliphatic carbocycles. The highest BCUT2D eigenvalue weighted by Gasteiger charge is 2.54. The van der Waals surface area contributed by atoms with Gasteiger partial charge in [-0.15, -0.1) is 11.8 Å². The van der Waals surface area contributed by atoms with Gasteiger partial charge in [-0.2, -0.15) is 9.36 Å². The van der Waals surface area contributed by atoms with Crippen LogP contribution in [0, 0.1) is 0 Å². The van der Waals surface area contributed by atoms with E-state index in [1.165, 1.54) is 23.0 Å². The summed E-state index contributed by atoms with van der Waals surface area (Å²) in [5.74, 6) is -2.92. The zero-order valence-corrected chi connectivity index (χ0v) is 22.5. The fourth-order valence-corrected chi connectivity index (χ4v) is 6.14. The molecule has 2 aliphatic heterocycles. The van der Waals surface area contributed by atoms with Crippen molar-refractivity contribution < 1.29 is 33.7 Å². The molecule has 0 spiro atoms. The lowest BCUT2D eigenvalue weighted by molar-refractivity contribution is -0.664. The summed E-state index contributed by atoms with van der Waals surface area (Å²) in [5, 5.41) is 15.9. The molecule has 3 amide bonds. The van der Waals surface area contributed by atoms with Crippen LogP contribution in [0.4, 0.5) is 5.13 Å². The number of pyridine rings is 1. The van der Waals surface area contributed by atoms with Gasteiger partial charge in [0.1, 0.15) is 42.3 Å². The Hall–Kier alpha value is -4.58. The number of carbonyl (C=O) groups excluding carboxylic acids is 3. The number of primary amides is 1. The molecule has 1 fully saturated rings. The fraction of sp³-hybridized carbons (Fsp3) is 0.318. The van der Waals surface area contributed by atoms with E-state index in [9.17, 15) is 24.3 Å². The topological polar surface area (TPSA) is 225 Å². The highest BCUT2D eigenvalue weighted by atomic mass is 32.2. The lowest BCUT2D eigenvalue weighted by Crippen LogP contribution is -2.71. The van der Waals surface area contributed by atoms with Gasteiger partial charge in [-0.3, -0.25) is 23.9 Å². The van der Waals surface area contributed by atoms with Gasteiger partial charge < -0.3 is 26.7 Å². The van der Waals surface area contributed by atoms with E-state index in [1.807, 2.05) is 0 Å². The first kappa shape index (κ1) is 27.0. The predicted molar refractivity (Wildman–Crippen MR) is 141 cm³/mol. The maximum absolute atomic E-state index is 13.2. The van der Waals surface area contributed by atoms with Gasteiger partial charge in [0.25, 0.3) is 11.8 Å². The average molecular weight is 588 g/mol. The Bertz CT molecular complexity index is 1600. The number of anilines is 1. The molecule has 40 heavy (non-hydrogen) atoms. The first-order chi connectivity index (χ1) is 19.2. The van der Waals surface area contributed by atoms with Crippen molar-refractivity contribution in [2.24, 2.45) is 10.9 Å². The number of fused-ring (bicyclic) bond motifs is 2. The minimum atomic E-state index is -1.27. The number of aromatic nitrogens is 5. The third kappa shape index (κ3) is 4.93. The van der Waals surface area contributed by atoms with E-state index in [0.717, 1.165) is 11.5 Å². The normalized spacial score (nSPS) is 18.9. The Labute approximate surface area is 233 Å². The number of nitrogens with one attached hydrogen (secondary N) is 1. The average Bonchev–Trinajstić information content (AvgIpc) is 3.53. The van der Waals surface area contributed by atoms with E-state index in [-0.39, 0.29) is 47.8 Å². The number of rotatable bonds is 10. The number of carbonyl (C=O) groups is 4. The van der Waals surface area contributed by atoms with E-state index >= 15 is 0 Å². The maximum Gasteiger partial charge on any atom is 0.352 e. The molecule has 3 aromatic heterocycles. The first-order valence-electron chi connectivity index (χ1n) is 11.8. The molecule has 0 bridgehead atoms. The van der Waals surface area contributed by atoms with Gasteiger partial charge in [0.15, 0.2) is 5.13 Å². The molecule has 2 aliphatic rings. The van der Waals surface area contributed by atoms with E-state index < -0.39 is 35.1 Å². The minimum Gasteiger partial charge on any atom is -0.477 e. The standard InChI is InChI=1S/C22H22N10O6S2/c1-2-38-28-13(16-27-22(24)40-29-16)18(34)26-14-19(35)32-15(21(36)37)10(8-39-20(14)32)6-30-5-3-4-11-17(30)25-9-31(11)7-12(23)33/h3-5,9,14,20H,2,6-8H2,1H3,(H5-,23,24,26,27,29,33,34,36,37)/p+1/b28-13+.